The van der Waals surface area contributed by atoms with Gasteiger partial charge in [0.15, 0.2) is 0 Å². The fraction of sp³-hybridized carbons (Fsp3) is 0.611. The summed E-state index contributed by atoms with van der Waals surface area (Å²) in [5.41, 5.74) is 1.24. The van der Waals surface area contributed by atoms with E-state index in [9.17, 15) is 4.79 Å². The first-order chi connectivity index (χ1) is 10.5. The number of unbranched alkanes of at least 4 members (excludes halogenated alkanes) is 2. The van der Waals surface area contributed by atoms with Gasteiger partial charge in [0.05, 0.1) is 6.54 Å². The molecule has 0 saturated heterocycles. The summed E-state index contributed by atoms with van der Waals surface area (Å²) >= 11 is 1.74. The third-order valence-corrected chi connectivity index (χ3v) is 4.42. The van der Waals surface area contributed by atoms with E-state index in [1.165, 1.54) is 29.7 Å². The van der Waals surface area contributed by atoms with Crippen molar-refractivity contribution in [3.05, 3.63) is 29.8 Å². The summed E-state index contributed by atoms with van der Waals surface area (Å²) in [5.74, 6) is 0.118. The summed E-state index contributed by atoms with van der Waals surface area (Å²) in [6.07, 6.45) is 6.80. The van der Waals surface area contributed by atoms with Gasteiger partial charge in [-0.2, -0.15) is 0 Å². The lowest BCUT2D eigenvalue weighted by Gasteiger charge is -2.19. The second-order valence-corrected chi connectivity index (χ2v) is 6.86. The largest absolute Gasteiger partial charge is 0.353 e. The molecule has 22 heavy (non-hydrogen) atoms. The first-order valence-electron chi connectivity index (χ1n) is 8.16. The van der Waals surface area contributed by atoms with Gasteiger partial charge in [0, 0.05) is 17.5 Å². The maximum absolute atomic E-state index is 12.0. The van der Waals surface area contributed by atoms with Crippen molar-refractivity contribution in [2.24, 2.45) is 0 Å². The second kappa shape index (κ2) is 10.7. The molecule has 0 heterocycles. The van der Waals surface area contributed by atoms with E-state index in [2.05, 4.69) is 54.6 Å². The Bertz CT molecular complexity index is 433. The molecule has 1 amide bonds. The maximum atomic E-state index is 12.0. The number of benzene rings is 1. The summed E-state index contributed by atoms with van der Waals surface area (Å²) < 4.78 is 0. The number of thioether (sulfide) groups is 1. The van der Waals surface area contributed by atoms with Gasteiger partial charge in [-0.3, -0.25) is 9.69 Å². The molecule has 1 aromatic carbocycles. The highest BCUT2D eigenvalue weighted by Crippen LogP contribution is 2.15. The number of likely N-dealkylation sites (N-methyl/N-ethyl adjacent to an activating group) is 1. The van der Waals surface area contributed by atoms with E-state index in [1.54, 1.807) is 11.8 Å². The Morgan fingerprint density at radius 2 is 1.95 bits per heavy atom. The highest BCUT2D eigenvalue weighted by Gasteiger charge is 2.10. The van der Waals surface area contributed by atoms with Gasteiger partial charge >= 0.3 is 0 Å². The molecular formula is C18H30N2OS. The fourth-order valence-corrected chi connectivity index (χ4v) is 2.85. The van der Waals surface area contributed by atoms with Crippen molar-refractivity contribution in [1.29, 1.82) is 0 Å². The van der Waals surface area contributed by atoms with Crippen LogP contribution in [0.5, 0.6) is 0 Å². The topological polar surface area (TPSA) is 32.3 Å². The highest BCUT2D eigenvalue weighted by atomic mass is 32.2. The highest BCUT2D eigenvalue weighted by molar-refractivity contribution is 7.98. The molecule has 1 N–H and O–H groups in total. The number of amides is 1. The Balaban J connectivity index is 2.30. The molecule has 1 aromatic rings. The molecular weight excluding hydrogens is 292 g/mol. The van der Waals surface area contributed by atoms with Crippen LogP contribution in [0.1, 0.15) is 45.1 Å². The normalized spacial score (nSPS) is 12.4. The van der Waals surface area contributed by atoms with Crippen LogP contribution in [-0.2, 0) is 11.3 Å². The Morgan fingerprint density at radius 3 is 2.55 bits per heavy atom. The number of nitrogens with one attached hydrogen (secondary N) is 1. The van der Waals surface area contributed by atoms with E-state index in [4.69, 9.17) is 0 Å². The Labute approximate surface area is 139 Å². The van der Waals surface area contributed by atoms with Gasteiger partial charge in [-0.15, -0.1) is 11.8 Å². The van der Waals surface area contributed by atoms with Crippen molar-refractivity contribution >= 4 is 17.7 Å². The first-order valence-corrected chi connectivity index (χ1v) is 9.38. The molecule has 0 aliphatic carbocycles. The van der Waals surface area contributed by atoms with Crippen LogP contribution >= 0.6 is 11.8 Å². The summed E-state index contributed by atoms with van der Waals surface area (Å²) in [6.45, 7) is 5.54. The standard InChI is InChI=1S/C18H30N2OS/c1-5-6-7-8-15(2)19-18(21)14-20(3)13-16-9-11-17(22-4)12-10-16/h9-12,15H,5-8,13-14H2,1-4H3,(H,19,21). The molecule has 0 aliphatic rings. The molecule has 1 atom stereocenters. The van der Waals surface area contributed by atoms with Crippen LogP contribution in [-0.4, -0.2) is 36.7 Å². The van der Waals surface area contributed by atoms with Crippen LogP contribution in [0.3, 0.4) is 0 Å². The van der Waals surface area contributed by atoms with Gasteiger partial charge in [-0.05, 0) is 44.3 Å². The lowest BCUT2D eigenvalue weighted by Crippen LogP contribution is -2.39. The van der Waals surface area contributed by atoms with Crippen molar-refractivity contribution < 1.29 is 4.79 Å². The Hall–Kier alpha value is -1.00. The predicted octanol–water partition coefficient (Wildman–Crippen LogP) is 3.93. The molecule has 0 saturated carbocycles. The van der Waals surface area contributed by atoms with E-state index in [1.807, 2.05) is 7.05 Å². The molecule has 124 valence electrons. The summed E-state index contributed by atoms with van der Waals surface area (Å²) in [6, 6.07) is 8.79. The third kappa shape index (κ3) is 7.85. The van der Waals surface area contributed by atoms with E-state index < -0.39 is 0 Å². The summed E-state index contributed by atoms with van der Waals surface area (Å²) in [5, 5.41) is 3.09. The monoisotopic (exact) mass is 322 g/mol. The first kappa shape index (κ1) is 19.0. The Kier molecular flexibility index (Phi) is 9.25. The minimum atomic E-state index is 0.118. The molecule has 0 spiro atoms. The third-order valence-electron chi connectivity index (χ3n) is 3.67. The van der Waals surface area contributed by atoms with Crippen LogP contribution in [0, 0.1) is 0 Å². The van der Waals surface area contributed by atoms with Crippen molar-refractivity contribution in [1.82, 2.24) is 10.2 Å². The summed E-state index contributed by atoms with van der Waals surface area (Å²) in [4.78, 5) is 15.4. The number of nitrogens with zero attached hydrogens (tertiary/aromatic N) is 1. The fourth-order valence-electron chi connectivity index (χ4n) is 2.44. The van der Waals surface area contributed by atoms with Crippen LogP contribution in [0.25, 0.3) is 0 Å². The van der Waals surface area contributed by atoms with Crippen LogP contribution in [0.2, 0.25) is 0 Å². The smallest absolute Gasteiger partial charge is 0.234 e. The number of rotatable bonds is 10. The molecule has 3 nitrogen and oxygen atoms in total. The number of hydrogen-bond acceptors (Lipinski definition) is 3. The van der Waals surface area contributed by atoms with Gasteiger partial charge in [-0.1, -0.05) is 38.3 Å². The van der Waals surface area contributed by atoms with Gasteiger partial charge in [0.1, 0.15) is 0 Å². The zero-order valence-corrected chi connectivity index (χ0v) is 15.2. The van der Waals surface area contributed by atoms with E-state index >= 15 is 0 Å². The minimum Gasteiger partial charge on any atom is -0.353 e. The summed E-state index contributed by atoms with van der Waals surface area (Å²) in [7, 11) is 1.99. The SMILES string of the molecule is CCCCCC(C)NC(=O)CN(C)Cc1ccc(SC)cc1. The molecule has 0 aromatic heterocycles. The molecule has 1 rings (SSSR count). The van der Waals surface area contributed by atoms with E-state index in [0.717, 1.165) is 13.0 Å². The van der Waals surface area contributed by atoms with Gasteiger partial charge < -0.3 is 5.32 Å². The molecule has 4 heteroatoms. The molecule has 0 bridgehead atoms. The average molecular weight is 323 g/mol. The number of carbonyl (C=O) groups is 1. The zero-order valence-electron chi connectivity index (χ0n) is 14.4. The van der Waals surface area contributed by atoms with E-state index in [-0.39, 0.29) is 11.9 Å². The Morgan fingerprint density at radius 1 is 1.27 bits per heavy atom. The van der Waals surface area contributed by atoms with Crippen molar-refractivity contribution in [2.45, 2.75) is 57.0 Å². The predicted molar refractivity (Wildman–Crippen MR) is 96.3 cm³/mol. The number of carbonyl (C=O) groups excluding carboxylic acids is 1. The van der Waals surface area contributed by atoms with Crippen molar-refractivity contribution in [3.63, 3.8) is 0 Å². The lowest BCUT2D eigenvalue weighted by molar-refractivity contribution is -0.122. The molecule has 0 radical (unpaired) electrons. The maximum Gasteiger partial charge on any atom is 0.234 e. The van der Waals surface area contributed by atoms with Gasteiger partial charge in [-0.25, -0.2) is 0 Å². The molecule has 1 unspecified atom stereocenters. The quantitative estimate of drug-likeness (QED) is 0.523. The second-order valence-electron chi connectivity index (χ2n) is 5.98. The average Bonchev–Trinajstić information content (AvgIpc) is 2.47. The van der Waals surface area contributed by atoms with Crippen LogP contribution in [0.15, 0.2) is 29.2 Å². The van der Waals surface area contributed by atoms with Crippen LogP contribution < -0.4 is 5.32 Å². The molecule has 0 fully saturated rings. The molecule has 0 aliphatic heterocycles. The van der Waals surface area contributed by atoms with Gasteiger partial charge in [0.2, 0.25) is 5.91 Å². The minimum absolute atomic E-state index is 0.118. The van der Waals surface area contributed by atoms with Crippen molar-refractivity contribution in [3.8, 4) is 0 Å². The van der Waals surface area contributed by atoms with Crippen LogP contribution in [0.4, 0.5) is 0 Å². The lowest BCUT2D eigenvalue weighted by atomic mass is 10.1. The number of hydrogen-bond donors (Lipinski definition) is 1. The van der Waals surface area contributed by atoms with Crippen molar-refractivity contribution in [2.75, 3.05) is 19.8 Å². The van der Waals surface area contributed by atoms with E-state index in [0.29, 0.717) is 6.54 Å². The van der Waals surface area contributed by atoms with Gasteiger partial charge in [0.25, 0.3) is 0 Å². The zero-order chi connectivity index (χ0) is 16.4.